The molecular formula is C20H27Cl2N3O4S. The summed E-state index contributed by atoms with van der Waals surface area (Å²) in [6.07, 6.45) is 3.04. The van der Waals surface area contributed by atoms with Gasteiger partial charge >= 0.3 is 6.09 Å². The van der Waals surface area contributed by atoms with Crippen molar-refractivity contribution in [2.45, 2.75) is 63.5 Å². The lowest BCUT2D eigenvalue weighted by Crippen LogP contribution is -2.34. The summed E-state index contributed by atoms with van der Waals surface area (Å²) in [7, 11) is -3.73. The quantitative estimate of drug-likeness (QED) is 0.417. The lowest BCUT2D eigenvalue weighted by atomic mass is 10.1. The molecule has 1 heterocycles. The van der Waals surface area contributed by atoms with Gasteiger partial charge in [-0.25, -0.2) is 22.9 Å². The van der Waals surface area contributed by atoms with Gasteiger partial charge in [0.1, 0.15) is 10.8 Å². The Labute approximate surface area is 187 Å². The molecule has 0 radical (unpaired) electrons. The van der Waals surface area contributed by atoms with Crippen LogP contribution in [-0.2, 0) is 14.8 Å². The van der Waals surface area contributed by atoms with Gasteiger partial charge in [-0.2, -0.15) is 0 Å². The molecule has 2 aromatic rings. The highest BCUT2D eigenvalue weighted by Gasteiger charge is 2.19. The Bertz CT molecular complexity index is 1010. The van der Waals surface area contributed by atoms with Crippen LogP contribution >= 0.6 is 23.2 Å². The van der Waals surface area contributed by atoms with Crippen LogP contribution in [0.3, 0.4) is 0 Å². The average molecular weight is 476 g/mol. The molecule has 1 aromatic carbocycles. The largest absolute Gasteiger partial charge is 0.444 e. The lowest BCUT2D eigenvalue weighted by molar-refractivity contribution is 0.0527. The van der Waals surface area contributed by atoms with Gasteiger partial charge in [0.15, 0.2) is 0 Å². The predicted molar refractivity (Wildman–Crippen MR) is 120 cm³/mol. The number of hydrogen-bond acceptors (Lipinski definition) is 5. The third-order valence-corrected chi connectivity index (χ3v) is 6.35. The van der Waals surface area contributed by atoms with Crippen molar-refractivity contribution in [2.24, 2.45) is 0 Å². The number of benzene rings is 1. The first-order chi connectivity index (χ1) is 13.9. The number of pyridine rings is 1. The van der Waals surface area contributed by atoms with Gasteiger partial charge < -0.3 is 10.1 Å². The fraction of sp³-hybridized carbons (Fsp3) is 0.500. The number of amides is 1. The van der Waals surface area contributed by atoms with Gasteiger partial charge in [0.25, 0.3) is 0 Å². The summed E-state index contributed by atoms with van der Waals surface area (Å²) in [5.74, 6) is 0. The van der Waals surface area contributed by atoms with E-state index in [4.69, 9.17) is 27.9 Å². The summed E-state index contributed by atoms with van der Waals surface area (Å²) >= 11 is 12.2. The van der Waals surface area contributed by atoms with E-state index < -0.39 is 21.7 Å². The van der Waals surface area contributed by atoms with E-state index in [0.29, 0.717) is 35.2 Å². The number of sulfonamides is 1. The summed E-state index contributed by atoms with van der Waals surface area (Å²) in [4.78, 5) is 15.6. The number of aromatic nitrogens is 1. The average Bonchev–Trinajstić information content (AvgIpc) is 2.62. The summed E-state index contributed by atoms with van der Waals surface area (Å²) in [6.45, 7) is 7.66. The summed E-state index contributed by atoms with van der Waals surface area (Å²) in [5.41, 5.74) is -0.536. The zero-order chi connectivity index (χ0) is 22.5. The van der Waals surface area contributed by atoms with Crippen molar-refractivity contribution in [3.63, 3.8) is 0 Å². The highest BCUT2D eigenvalue weighted by molar-refractivity contribution is 7.89. The van der Waals surface area contributed by atoms with Crippen LogP contribution in [0.5, 0.6) is 0 Å². The van der Waals surface area contributed by atoms with E-state index in [2.05, 4.69) is 15.0 Å². The van der Waals surface area contributed by atoms with Crippen molar-refractivity contribution in [1.82, 2.24) is 15.0 Å². The van der Waals surface area contributed by atoms with Crippen molar-refractivity contribution < 1.29 is 17.9 Å². The van der Waals surface area contributed by atoms with Crippen LogP contribution in [0.2, 0.25) is 10.2 Å². The third kappa shape index (κ3) is 7.27. The summed E-state index contributed by atoms with van der Waals surface area (Å²) in [5, 5.41) is 4.40. The molecule has 0 saturated heterocycles. The fourth-order valence-corrected chi connectivity index (χ4v) is 4.52. The molecule has 1 aromatic heterocycles. The number of nitrogens with zero attached hydrogens (tertiary/aromatic N) is 1. The molecule has 166 valence electrons. The summed E-state index contributed by atoms with van der Waals surface area (Å²) in [6, 6.07) is 4.30. The normalized spacial score (nSPS) is 13.3. The van der Waals surface area contributed by atoms with Crippen LogP contribution in [0.15, 0.2) is 29.3 Å². The number of nitrogens with one attached hydrogen (secondary N) is 2. The van der Waals surface area contributed by atoms with Gasteiger partial charge in [0.2, 0.25) is 10.0 Å². The Morgan fingerprint density at radius 1 is 1.20 bits per heavy atom. The van der Waals surface area contributed by atoms with Gasteiger partial charge in [-0.15, -0.1) is 0 Å². The van der Waals surface area contributed by atoms with Crippen LogP contribution < -0.4 is 10.0 Å². The molecular weight excluding hydrogens is 449 g/mol. The van der Waals surface area contributed by atoms with Gasteiger partial charge in [-0.1, -0.05) is 35.7 Å². The molecule has 0 aliphatic carbocycles. The molecule has 2 N–H and O–H groups in total. The second-order valence-electron chi connectivity index (χ2n) is 8.05. The molecule has 0 unspecified atom stereocenters. The minimum Gasteiger partial charge on any atom is -0.444 e. The Balaban J connectivity index is 1.87. The highest BCUT2D eigenvalue weighted by atomic mass is 35.5. The van der Waals surface area contributed by atoms with Gasteiger partial charge in [0.05, 0.1) is 9.92 Å². The van der Waals surface area contributed by atoms with E-state index in [9.17, 15) is 13.2 Å². The molecule has 0 aliphatic rings. The first kappa shape index (κ1) is 24.7. The van der Waals surface area contributed by atoms with Crippen molar-refractivity contribution in [2.75, 3.05) is 6.54 Å². The number of alkyl carbamates (subject to hydrolysis) is 1. The van der Waals surface area contributed by atoms with E-state index in [1.807, 2.05) is 0 Å². The van der Waals surface area contributed by atoms with Crippen LogP contribution in [-0.4, -0.2) is 37.7 Å². The number of ether oxygens (including phenoxy) is 1. The molecule has 7 nitrogen and oxygen atoms in total. The van der Waals surface area contributed by atoms with E-state index in [1.165, 1.54) is 18.3 Å². The van der Waals surface area contributed by atoms with E-state index in [1.54, 1.807) is 33.8 Å². The Kier molecular flexibility index (Phi) is 8.33. The van der Waals surface area contributed by atoms with Crippen LogP contribution in [0.25, 0.3) is 10.8 Å². The monoisotopic (exact) mass is 475 g/mol. The van der Waals surface area contributed by atoms with Crippen LogP contribution in [0, 0.1) is 0 Å². The van der Waals surface area contributed by atoms with Crippen LogP contribution in [0.4, 0.5) is 4.79 Å². The minimum atomic E-state index is -3.73. The van der Waals surface area contributed by atoms with Crippen molar-refractivity contribution >= 4 is 50.1 Å². The van der Waals surface area contributed by atoms with Crippen molar-refractivity contribution in [3.05, 3.63) is 34.6 Å². The molecule has 1 amide bonds. The molecule has 30 heavy (non-hydrogen) atoms. The van der Waals surface area contributed by atoms with Gasteiger partial charge in [-0.05, 0) is 52.7 Å². The number of unbranched alkanes of at least 4 members (excludes halogenated alkanes) is 1. The maximum atomic E-state index is 12.7. The molecule has 2 rings (SSSR count). The number of carbonyl (C=O) groups excluding carboxylic acids is 1. The Morgan fingerprint density at radius 3 is 2.57 bits per heavy atom. The van der Waals surface area contributed by atoms with Gasteiger partial charge in [-0.3, -0.25) is 0 Å². The number of halogens is 2. The number of carbonyl (C=O) groups is 1. The highest BCUT2D eigenvalue weighted by Crippen LogP contribution is 2.29. The topological polar surface area (TPSA) is 97.4 Å². The first-order valence-corrected chi connectivity index (χ1v) is 11.9. The molecule has 1 atom stereocenters. The zero-order valence-corrected chi connectivity index (χ0v) is 19.8. The molecule has 0 bridgehead atoms. The standard InChI is InChI=1S/C20H27Cl2N3O4S/c1-13(7-5-6-10-23-19(26)29-20(2,3)4)25-30(27,28)14-8-9-15-16(11-14)18(22)24-12-17(15)21/h8-9,11-13,25H,5-7,10H2,1-4H3,(H,23,26)/t13-/m0/s1. The predicted octanol–water partition coefficient (Wildman–Crippen LogP) is 4.90. The second-order valence-corrected chi connectivity index (χ2v) is 10.5. The second kappa shape index (κ2) is 10.1. The number of fused-ring (bicyclic) bond motifs is 1. The van der Waals surface area contributed by atoms with Crippen LogP contribution in [0.1, 0.15) is 47.0 Å². The molecule has 0 fully saturated rings. The van der Waals surface area contributed by atoms with Crippen molar-refractivity contribution in [1.29, 1.82) is 0 Å². The summed E-state index contributed by atoms with van der Waals surface area (Å²) < 4.78 is 33.3. The van der Waals surface area contributed by atoms with E-state index in [-0.39, 0.29) is 16.1 Å². The number of rotatable bonds is 8. The molecule has 0 saturated carbocycles. The molecule has 10 heteroatoms. The maximum absolute atomic E-state index is 12.7. The molecule has 0 spiro atoms. The van der Waals surface area contributed by atoms with Crippen molar-refractivity contribution in [3.8, 4) is 0 Å². The zero-order valence-electron chi connectivity index (χ0n) is 17.5. The minimum absolute atomic E-state index is 0.0967. The molecule has 0 aliphatic heterocycles. The fourth-order valence-electron chi connectivity index (χ4n) is 2.79. The smallest absolute Gasteiger partial charge is 0.407 e. The number of hydrogen-bond donors (Lipinski definition) is 2. The third-order valence-electron chi connectivity index (χ3n) is 4.16. The Hall–Kier alpha value is -1.61. The van der Waals surface area contributed by atoms with E-state index >= 15 is 0 Å². The van der Waals surface area contributed by atoms with Gasteiger partial charge in [0, 0.05) is 29.6 Å². The Morgan fingerprint density at radius 2 is 1.90 bits per heavy atom. The first-order valence-electron chi connectivity index (χ1n) is 9.62. The van der Waals surface area contributed by atoms with E-state index in [0.717, 1.165) is 6.42 Å². The SMILES string of the molecule is C[C@@H](CCCCNC(=O)OC(C)(C)C)NS(=O)(=O)c1ccc2c(Cl)cnc(Cl)c2c1. The lowest BCUT2D eigenvalue weighted by Gasteiger charge is -2.19. The maximum Gasteiger partial charge on any atom is 0.407 e.